The van der Waals surface area contributed by atoms with E-state index in [1.54, 1.807) is 7.11 Å². The minimum Gasteiger partial charge on any atom is -0.381 e. The van der Waals surface area contributed by atoms with Crippen molar-refractivity contribution in [2.24, 2.45) is 5.92 Å². The van der Waals surface area contributed by atoms with Gasteiger partial charge in [-0.05, 0) is 31.0 Å². The molecule has 1 aromatic rings. The topological polar surface area (TPSA) is 21.3 Å². The van der Waals surface area contributed by atoms with Crippen LogP contribution in [0.3, 0.4) is 0 Å². The molecule has 1 aliphatic rings. The average Bonchev–Trinajstić information content (AvgIpc) is 2.33. The Hall–Kier alpha value is -0.570. The van der Waals surface area contributed by atoms with Gasteiger partial charge in [-0.2, -0.15) is 0 Å². The summed E-state index contributed by atoms with van der Waals surface area (Å²) in [6.07, 6.45) is 2.44. The summed E-state index contributed by atoms with van der Waals surface area (Å²) < 4.78 is 5.53. The van der Waals surface area contributed by atoms with E-state index in [2.05, 4.69) is 11.4 Å². The van der Waals surface area contributed by atoms with Crippen LogP contribution >= 0.6 is 11.6 Å². The minimum atomic E-state index is 0.359. The van der Waals surface area contributed by atoms with E-state index >= 15 is 0 Å². The summed E-state index contributed by atoms with van der Waals surface area (Å²) >= 11 is 6.17. The summed E-state index contributed by atoms with van der Waals surface area (Å²) in [5, 5.41) is 4.28. The molecule has 0 aliphatic carbocycles. The van der Waals surface area contributed by atoms with Crippen LogP contribution in [0.4, 0.5) is 0 Å². The fourth-order valence-corrected chi connectivity index (χ4v) is 2.57. The highest BCUT2D eigenvalue weighted by Crippen LogP contribution is 2.23. The third-order valence-corrected chi connectivity index (χ3v) is 3.65. The van der Waals surface area contributed by atoms with Gasteiger partial charge in [-0.15, -0.1) is 0 Å². The first-order valence-electron chi connectivity index (χ1n) is 5.78. The molecular formula is C13H18ClNO. The van der Waals surface area contributed by atoms with Gasteiger partial charge in [0, 0.05) is 24.6 Å². The maximum absolute atomic E-state index is 6.17. The smallest absolute Gasteiger partial charge is 0.0626 e. The van der Waals surface area contributed by atoms with Crippen molar-refractivity contribution >= 4 is 11.6 Å². The maximum Gasteiger partial charge on any atom is 0.0626 e. The summed E-state index contributed by atoms with van der Waals surface area (Å²) in [5.41, 5.74) is 1.22. The van der Waals surface area contributed by atoms with Crippen LogP contribution in [0.15, 0.2) is 24.3 Å². The first kappa shape index (κ1) is 11.9. The molecule has 1 heterocycles. The Labute approximate surface area is 102 Å². The molecule has 1 saturated heterocycles. The molecule has 1 N–H and O–H groups in total. The molecule has 0 saturated carbocycles. The predicted octanol–water partition coefficient (Wildman–Crippen LogP) is 2.51. The molecule has 16 heavy (non-hydrogen) atoms. The highest BCUT2D eigenvalue weighted by molar-refractivity contribution is 6.31. The Balaban J connectivity index is 2.05. The summed E-state index contributed by atoms with van der Waals surface area (Å²) in [4.78, 5) is 0. The van der Waals surface area contributed by atoms with Gasteiger partial charge < -0.3 is 10.1 Å². The van der Waals surface area contributed by atoms with E-state index in [-0.39, 0.29) is 0 Å². The molecule has 2 unspecified atom stereocenters. The molecule has 0 bridgehead atoms. The summed E-state index contributed by atoms with van der Waals surface area (Å²) in [6, 6.07) is 8.07. The average molecular weight is 240 g/mol. The van der Waals surface area contributed by atoms with Crippen molar-refractivity contribution in [3.05, 3.63) is 34.9 Å². The molecule has 88 valence electrons. The lowest BCUT2D eigenvalue weighted by Crippen LogP contribution is -2.41. The van der Waals surface area contributed by atoms with Crippen LogP contribution in [0.2, 0.25) is 5.02 Å². The molecule has 2 rings (SSSR count). The van der Waals surface area contributed by atoms with E-state index in [0.29, 0.717) is 12.0 Å². The Morgan fingerprint density at radius 1 is 1.44 bits per heavy atom. The van der Waals surface area contributed by atoms with Crippen molar-refractivity contribution < 1.29 is 4.74 Å². The SMILES string of the molecule is COC1CCNCC1Cc1ccccc1Cl. The number of ether oxygens (including phenoxy) is 1. The second-order valence-corrected chi connectivity index (χ2v) is 4.73. The van der Waals surface area contributed by atoms with Gasteiger partial charge in [0.25, 0.3) is 0 Å². The zero-order valence-corrected chi connectivity index (χ0v) is 10.3. The number of piperidine rings is 1. The highest BCUT2D eigenvalue weighted by Gasteiger charge is 2.25. The molecule has 2 atom stereocenters. The minimum absolute atomic E-state index is 0.359. The van der Waals surface area contributed by atoms with Gasteiger partial charge in [-0.1, -0.05) is 29.8 Å². The number of methoxy groups -OCH3 is 1. The predicted molar refractivity (Wildman–Crippen MR) is 66.9 cm³/mol. The monoisotopic (exact) mass is 239 g/mol. The van der Waals surface area contributed by atoms with Gasteiger partial charge >= 0.3 is 0 Å². The molecule has 0 aromatic heterocycles. The third-order valence-electron chi connectivity index (χ3n) is 3.28. The second-order valence-electron chi connectivity index (χ2n) is 4.32. The summed E-state index contributed by atoms with van der Waals surface area (Å²) in [5.74, 6) is 0.527. The van der Waals surface area contributed by atoms with E-state index in [9.17, 15) is 0 Å². The number of hydrogen-bond donors (Lipinski definition) is 1. The van der Waals surface area contributed by atoms with Crippen LogP contribution < -0.4 is 5.32 Å². The van der Waals surface area contributed by atoms with Gasteiger partial charge in [0.1, 0.15) is 0 Å². The number of nitrogens with one attached hydrogen (secondary N) is 1. The van der Waals surface area contributed by atoms with Crippen molar-refractivity contribution in [2.45, 2.75) is 18.9 Å². The summed E-state index contributed by atoms with van der Waals surface area (Å²) in [7, 11) is 1.80. The zero-order chi connectivity index (χ0) is 11.4. The first-order valence-corrected chi connectivity index (χ1v) is 6.16. The lowest BCUT2D eigenvalue weighted by atomic mass is 9.89. The fraction of sp³-hybridized carbons (Fsp3) is 0.538. The molecule has 0 amide bonds. The largest absolute Gasteiger partial charge is 0.381 e. The van der Waals surface area contributed by atoms with E-state index in [1.807, 2.05) is 18.2 Å². The number of hydrogen-bond acceptors (Lipinski definition) is 2. The quantitative estimate of drug-likeness (QED) is 0.875. The number of rotatable bonds is 3. The number of halogens is 1. The molecule has 2 nitrogen and oxygen atoms in total. The van der Waals surface area contributed by atoms with Crippen LogP contribution in [-0.2, 0) is 11.2 Å². The van der Waals surface area contributed by atoms with Crippen LogP contribution in [0.1, 0.15) is 12.0 Å². The first-order chi connectivity index (χ1) is 7.81. The van der Waals surface area contributed by atoms with Crippen LogP contribution in [0.25, 0.3) is 0 Å². The van der Waals surface area contributed by atoms with Gasteiger partial charge in [0.15, 0.2) is 0 Å². The Morgan fingerprint density at radius 3 is 3.00 bits per heavy atom. The highest BCUT2D eigenvalue weighted by atomic mass is 35.5. The molecular weight excluding hydrogens is 222 g/mol. The van der Waals surface area contributed by atoms with E-state index in [0.717, 1.165) is 31.0 Å². The van der Waals surface area contributed by atoms with Crippen LogP contribution in [-0.4, -0.2) is 26.3 Å². The Morgan fingerprint density at radius 2 is 2.25 bits per heavy atom. The Kier molecular flexibility index (Phi) is 4.22. The lowest BCUT2D eigenvalue weighted by Gasteiger charge is -2.31. The number of benzene rings is 1. The lowest BCUT2D eigenvalue weighted by molar-refractivity contribution is 0.0311. The molecule has 0 radical (unpaired) electrons. The Bertz CT molecular complexity index is 342. The molecule has 1 aliphatic heterocycles. The van der Waals surface area contributed by atoms with Gasteiger partial charge in [-0.3, -0.25) is 0 Å². The van der Waals surface area contributed by atoms with Crippen molar-refractivity contribution in [3.63, 3.8) is 0 Å². The molecule has 1 aromatic carbocycles. The van der Waals surface area contributed by atoms with Crippen molar-refractivity contribution in [1.29, 1.82) is 0 Å². The maximum atomic E-state index is 6.17. The van der Waals surface area contributed by atoms with Crippen LogP contribution in [0, 0.1) is 5.92 Å². The second kappa shape index (κ2) is 5.67. The van der Waals surface area contributed by atoms with Crippen molar-refractivity contribution in [1.82, 2.24) is 5.32 Å². The van der Waals surface area contributed by atoms with E-state index < -0.39 is 0 Å². The molecule has 3 heteroatoms. The van der Waals surface area contributed by atoms with Crippen LogP contribution in [0.5, 0.6) is 0 Å². The van der Waals surface area contributed by atoms with Crippen molar-refractivity contribution in [3.8, 4) is 0 Å². The normalized spacial score (nSPS) is 25.6. The third kappa shape index (κ3) is 2.76. The zero-order valence-electron chi connectivity index (χ0n) is 9.58. The van der Waals surface area contributed by atoms with Gasteiger partial charge in [0.05, 0.1) is 6.10 Å². The van der Waals surface area contributed by atoms with Gasteiger partial charge in [-0.25, -0.2) is 0 Å². The molecule has 0 spiro atoms. The van der Waals surface area contributed by atoms with Crippen molar-refractivity contribution in [2.75, 3.05) is 20.2 Å². The van der Waals surface area contributed by atoms with E-state index in [1.165, 1.54) is 5.56 Å². The molecule has 1 fully saturated rings. The van der Waals surface area contributed by atoms with E-state index in [4.69, 9.17) is 16.3 Å². The fourth-order valence-electron chi connectivity index (χ4n) is 2.36. The summed E-state index contributed by atoms with van der Waals surface area (Å²) in [6.45, 7) is 2.07. The van der Waals surface area contributed by atoms with Gasteiger partial charge in [0.2, 0.25) is 0 Å². The standard InChI is InChI=1S/C13H18ClNO/c1-16-13-6-7-15-9-11(13)8-10-4-2-3-5-12(10)14/h2-5,11,13,15H,6-9H2,1H3.